The van der Waals surface area contributed by atoms with Crippen molar-refractivity contribution in [3.63, 3.8) is 0 Å². The lowest BCUT2D eigenvalue weighted by molar-refractivity contribution is -0.119. The highest BCUT2D eigenvalue weighted by Gasteiger charge is 2.25. The second-order valence-electron chi connectivity index (χ2n) is 4.75. The molecule has 20 heavy (non-hydrogen) atoms. The standard InChI is InChI=1S/C16H21NO3/c1-19-14-7-6-11(12-9-16(18)17-10-12)8-15(14)20-13-4-2-3-5-13/h6-8,12-13H,2-5,9-10H2,1H3,(H,17,18)/i6D,7D,8D,9D2,12D,13D. The molecule has 4 heteroatoms. The van der Waals surface area contributed by atoms with E-state index in [0.717, 1.165) is 12.8 Å². The Hall–Kier alpha value is -1.71. The second-order valence-corrected chi connectivity index (χ2v) is 4.75. The third kappa shape index (κ3) is 2.74. The molecule has 2 aliphatic rings. The topological polar surface area (TPSA) is 47.6 Å². The van der Waals surface area contributed by atoms with Gasteiger partial charge in [0.25, 0.3) is 0 Å². The lowest BCUT2D eigenvalue weighted by Gasteiger charge is -2.18. The van der Waals surface area contributed by atoms with E-state index in [1.165, 1.54) is 7.11 Å². The minimum absolute atomic E-state index is 0.200. The van der Waals surface area contributed by atoms with Crippen molar-refractivity contribution < 1.29 is 23.9 Å². The Kier molecular flexibility index (Phi) is 2.10. The number of hydrogen-bond donors (Lipinski definition) is 1. The van der Waals surface area contributed by atoms with Crippen LogP contribution in [0.15, 0.2) is 18.1 Å². The van der Waals surface area contributed by atoms with Gasteiger partial charge in [0.1, 0.15) is 0 Å². The first-order valence-electron chi connectivity index (χ1n) is 10.1. The number of benzene rings is 1. The molecule has 1 aliphatic heterocycles. The fraction of sp³-hybridized carbons (Fsp3) is 0.562. The van der Waals surface area contributed by atoms with Crippen LogP contribution in [-0.4, -0.2) is 25.6 Å². The minimum atomic E-state index is -2.69. The molecule has 2 fully saturated rings. The molecule has 1 saturated carbocycles. The average molecular weight is 282 g/mol. The number of methoxy groups -OCH3 is 1. The van der Waals surface area contributed by atoms with Gasteiger partial charge in [0.15, 0.2) is 11.5 Å². The zero-order valence-electron chi connectivity index (χ0n) is 18.3. The summed E-state index contributed by atoms with van der Waals surface area (Å²) in [6, 6.07) is -1.53. The van der Waals surface area contributed by atoms with Crippen LogP contribution in [0.25, 0.3) is 0 Å². The maximum atomic E-state index is 11.9. The van der Waals surface area contributed by atoms with E-state index in [4.69, 9.17) is 19.1 Å². The Morgan fingerprint density at radius 2 is 2.20 bits per heavy atom. The molecule has 108 valence electrons. The van der Waals surface area contributed by atoms with E-state index in [2.05, 4.69) is 5.32 Å². The molecule has 0 bridgehead atoms. The molecule has 1 amide bonds. The SMILES string of the molecule is [2H]c1c([2H])c(C2([2H])CNC(=O)C2([2H])[2H])c([2H])c(OC2([2H])CCCC2)c1OC. The molecular formula is C16H21NO3. The van der Waals surface area contributed by atoms with Gasteiger partial charge in [-0.25, -0.2) is 0 Å². The van der Waals surface area contributed by atoms with Crippen LogP contribution in [0, 0.1) is 0 Å². The molecule has 4 nitrogen and oxygen atoms in total. The van der Waals surface area contributed by atoms with Gasteiger partial charge < -0.3 is 14.8 Å². The summed E-state index contributed by atoms with van der Waals surface area (Å²) in [5.41, 5.74) is -0.423. The maximum Gasteiger partial charge on any atom is 0.220 e. The van der Waals surface area contributed by atoms with Gasteiger partial charge >= 0.3 is 0 Å². The summed E-state index contributed by atoms with van der Waals surface area (Å²) in [7, 11) is 1.25. The average Bonchev–Trinajstić information content (AvgIpc) is 3.11. The van der Waals surface area contributed by atoms with E-state index >= 15 is 0 Å². The zero-order chi connectivity index (χ0) is 20.2. The van der Waals surface area contributed by atoms with Crippen molar-refractivity contribution >= 4 is 5.91 Å². The summed E-state index contributed by atoms with van der Waals surface area (Å²) in [5, 5.41) is 2.26. The van der Waals surface area contributed by atoms with Crippen LogP contribution in [0.4, 0.5) is 0 Å². The van der Waals surface area contributed by atoms with Crippen molar-refractivity contribution in [1.29, 1.82) is 0 Å². The number of amides is 1. The third-order valence-corrected chi connectivity index (χ3v) is 3.35. The Morgan fingerprint density at radius 1 is 1.40 bits per heavy atom. The van der Waals surface area contributed by atoms with Crippen LogP contribution in [0.2, 0.25) is 0 Å². The van der Waals surface area contributed by atoms with Gasteiger partial charge in [-0.05, 0) is 43.3 Å². The van der Waals surface area contributed by atoms with Crippen molar-refractivity contribution in [2.45, 2.75) is 44.0 Å². The van der Waals surface area contributed by atoms with Gasteiger partial charge in [0.05, 0.1) is 18.7 Å². The van der Waals surface area contributed by atoms with Crippen LogP contribution < -0.4 is 14.8 Å². The Balaban J connectivity index is 2.23. The Labute approximate surface area is 129 Å². The van der Waals surface area contributed by atoms with E-state index in [9.17, 15) is 4.79 Å². The molecule has 1 aliphatic carbocycles. The van der Waals surface area contributed by atoms with E-state index in [0.29, 0.717) is 12.8 Å². The van der Waals surface area contributed by atoms with Gasteiger partial charge in [-0.3, -0.25) is 4.79 Å². The highest BCUT2D eigenvalue weighted by atomic mass is 16.5. The summed E-state index contributed by atoms with van der Waals surface area (Å²) < 4.78 is 68.8. The number of rotatable bonds is 4. The first-order chi connectivity index (χ1) is 12.5. The number of hydrogen-bond acceptors (Lipinski definition) is 3. The normalized spacial score (nSPS) is 35.6. The van der Waals surface area contributed by atoms with Crippen LogP contribution >= 0.6 is 0 Å². The molecule has 0 radical (unpaired) electrons. The minimum Gasteiger partial charge on any atom is -0.493 e. The van der Waals surface area contributed by atoms with E-state index < -0.39 is 54.5 Å². The quantitative estimate of drug-likeness (QED) is 0.923. The van der Waals surface area contributed by atoms with Gasteiger partial charge in [-0.2, -0.15) is 0 Å². The van der Waals surface area contributed by atoms with E-state index in [-0.39, 0.29) is 11.5 Å². The van der Waals surface area contributed by atoms with E-state index in [1.807, 2.05) is 0 Å². The Bertz CT molecular complexity index is 795. The van der Waals surface area contributed by atoms with Gasteiger partial charge in [-0.1, -0.05) is 6.04 Å². The van der Waals surface area contributed by atoms with Gasteiger partial charge in [-0.15, -0.1) is 0 Å². The lowest BCUT2D eigenvalue weighted by atomic mass is 9.98. The van der Waals surface area contributed by atoms with Crippen molar-refractivity contribution in [1.82, 2.24) is 5.32 Å². The van der Waals surface area contributed by atoms with E-state index in [1.54, 1.807) is 0 Å². The number of nitrogens with one attached hydrogen (secondary N) is 1. The molecule has 1 saturated heterocycles. The maximum absolute atomic E-state index is 11.9. The van der Waals surface area contributed by atoms with Crippen LogP contribution in [-0.2, 0) is 4.79 Å². The molecule has 1 unspecified atom stereocenters. The fourth-order valence-electron chi connectivity index (χ4n) is 2.30. The van der Waals surface area contributed by atoms with Crippen molar-refractivity contribution in [3.8, 4) is 11.5 Å². The summed E-state index contributed by atoms with van der Waals surface area (Å²) in [4.78, 5) is 11.9. The molecule has 1 N–H and O–H groups in total. The molecule has 3 rings (SSSR count). The lowest BCUT2D eigenvalue weighted by Crippen LogP contribution is -2.14. The Morgan fingerprint density at radius 3 is 2.85 bits per heavy atom. The first kappa shape index (κ1) is 7.34. The number of ether oxygens (including phenoxy) is 2. The monoisotopic (exact) mass is 282 g/mol. The second kappa shape index (κ2) is 5.73. The van der Waals surface area contributed by atoms with Crippen molar-refractivity contribution in [3.05, 3.63) is 23.7 Å². The largest absolute Gasteiger partial charge is 0.493 e. The van der Waals surface area contributed by atoms with Crippen molar-refractivity contribution in [2.75, 3.05) is 13.7 Å². The molecule has 1 atom stereocenters. The first-order valence-corrected chi connectivity index (χ1v) is 6.64. The van der Waals surface area contributed by atoms with Gasteiger partial charge in [0, 0.05) is 22.9 Å². The smallest absolute Gasteiger partial charge is 0.220 e. The fourth-order valence-corrected chi connectivity index (χ4v) is 2.30. The van der Waals surface area contributed by atoms with Crippen LogP contribution in [0.3, 0.4) is 0 Å². The van der Waals surface area contributed by atoms with Crippen molar-refractivity contribution in [2.24, 2.45) is 0 Å². The van der Waals surface area contributed by atoms with Crippen LogP contribution in [0.5, 0.6) is 11.5 Å². The number of carbonyl (C=O) groups excluding carboxylic acids is 1. The molecule has 0 aromatic heterocycles. The molecule has 1 aromatic carbocycles. The third-order valence-electron chi connectivity index (χ3n) is 3.35. The summed E-state index contributed by atoms with van der Waals surface area (Å²) in [5.74, 6) is -3.74. The van der Waals surface area contributed by atoms with Gasteiger partial charge in [0.2, 0.25) is 5.91 Å². The summed E-state index contributed by atoms with van der Waals surface area (Å²) >= 11 is 0. The number of carbonyl (C=O) groups is 1. The molecule has 0 spiro atoms. The van der Waals surface area contributed by atoms with Crippen LogP contribution in [0.1, 0.15) is 53.1 Å². The molecular weight excluding hydrogens is 254 g/mol. The predicted octanol–water partition coefficient (Wildman–Crippen LogP) is 2.62. The molecule has 1 aromatic rings. The highest BCUT2D eigenvalue weighted by Crippen LogP contribution is 2.35. The summed E-state index contributed by atoms with van der Waals surface area (Å²) in [6.45, 7) is -0.437. The zero-order valence-corrected chi connectivity index (χ0v) is 11.3. The molecule has 1 heterocycles. The summed E-state index contributed by atoms with van der Waals surface area (Å²) in [6.07, 6.45) is -1.60. The highest BCUT2D eigenvalue weighted by molar-refractivity contribution is 5.79. The predicted molar refractivity (Wildman–Crippen MR) is 76.2 cm³/mol.